The first kappa shape index (κ1) is 21.2. The van der Waals surface area contributed by atoms with Gasteiger partial charge < -0.3 is 14.9 Å². The second-order valence-corrected chi connectivity index (χ2v) is 9.30. The number of aliphatic hydroxyl groups excluding tert-OH is 2. The lowest BCUT2D eigenvalue weighted by Gasteiger charge is -2.41. The van der Waals surface area contributed by atoms with Crippen LogP contribution in [0, 0.1) is 23.2 Å². The van der Waals surface area contributed by atoms with Gasteiger partial charge in [0.2, 0.25) is 0 Å². The predicted octanol–water partition coefficient (Wildman–Crippen LogP) is 4.01. The highest BCUT2D eigenvalue weighted by atomic mass is 16.6. The Morgan fingerprint density at radius 3 is 2.62 bits per heavy atom. The minimum atomic E-state index is -0.619. The van der Waals surface area contributed by atoms with Crippen molar-refractivity contribution in [2.45, 2.75) is 85.0 Å². The summed E-state index contributed by atoms with van der Waals surface area (Å²) in [6, 6.07) is 0. The molecular weight excluding hydrogens is 328 g/mol. The van der Waals surface area contributed by atoms with E-state index >= 15 is 0 Å². The quantitative estimate of drug-likeness (QED) is 0.574. The van der Waals surface area contributed by atoms with Gasteiger partial charge in [0.05, 0.1) is 12.2 Å². The van der Waals surface area contributed by atoms with Crippen LogP contribution in [0.5, 0.6) is 0 Å². The molecule has 0 amide bonds. The fourth-order valence-electron chi connectivity index (χ4n) is 5.17. The number of allylic oxidation sites excluding steroid dienone is 2. The van der Waals surface area contributed by atoms with Gasteiger partial charge >= 0.3 is 5.97 Å². The highest BCUT2D eigenvalue weighted by molar-refractivity contribution is 5.66. The van der Waals surface area contributed by atoms with Gasteiger partial charge in [-0.25, -0.2) is 0 Å². The fourth-order valence-corrected chi connectivity index (χ4v) is 5.17. The Hall–Kier alpha value is -1.13. The smallest absolute Gasteiger partial charge is 0.303 e. The van der Waals surface area contributed by atoms with Gasteiger partial charge in [0.25, 0.3) is 0 Å². The van der Waals surface area contributed by atoms with E-state index in [-0.39, 0.29) is 29.1 Å². The third-order valence-electron chi connectivity index (χ3n) is 6.33. The van der Waals surface area contributed by atoms with Crippen LogP contribution in [0.15, 0.2) is 23.8 Å². The molecule has 0 spiro atoms. The van der Waals surface area contributed by atoms with Crippen LogP contribution in [-0.2, 0) is 9.53 Å². The number of carbonyl (C=O) groups excluding carboxylic acids is 1. The van der Waals surface area contributed by atoms with Crippen LogP contribution in [0.2, 0.25) is 0 Å². The van der Waals surface area contributed by atoms with Gasteiger partial charge in [0.1, 0.15) is 5.60 Å². The lowest BCUT2D eigenvalue weighted by molar-refractivity contribution is -0.163. The van der Waals surface area contributed by atoms with E-state index in [2.05, 4.69) is 26.0 Å². The summed E-state index contributed by atoms with van der Waals surface area (Å²) in [4.78, 5) is 11.6. The van der Waals surface area contributed by atoms with Crippen molar-refractivity contribution in [1.82, 2.24) is 0 Å². The molecule has 0 saturated heterocycles. The van der Waals surface area contributed by atoms with Gasteiger partial charge in [-0.2, -0.15) is 0 Å². The van der Waals surface area contributed by atoms with E-state index in [1.54, 1.807) is 0 Å². The summed E-state index contributed by atoms with van der Waals surface area (Å²) in [5.41, 5.74) is 0.245. The lowest BCUT2D eigenvalue weighted by Crippen LogP contribution is -2.45. The molecule has 4 heteroatoms. The molecule has 6 atom stereocenters. The van der Waals surface area contributed by atoms with Crippen molar-refractivity contribution >= 4 is 5.97 Å². The zero-order chi connectivity index (χ0) is 19.7. The molecule has 4 nitrogen and oxygen atoms in total. The molecule has 2 aliphatic rings. The van der Waals surface area contributed by atoms with Crippen LogP contribution in [0.4, 0.5) is 0 Å². The number of aliphatic hydroxyl groups is 2. The number of hydrogen-bond donors (Lipinski definition) is 2. The first-order valence-electron chi connectivity index (χ1n) is 9.87. The number of fused-ring (bicyclic) bond motifs is 1. The van der Waals surface area contributed by atoms with E-state index in [0.717, 1.165) is 18.4 Å². The van der Waals surface area contributed by atoms with Crippen LogP contribution < -0.4 is 0 Å². The first-order chi connectivity index (χ1) is 11.9. The Labute approximate surface area is 158 Å². The molecule has 0 radical (unpaired) electrons. The van der Waals surface area contributed by atoms with Gasteiger partial charge in [0, 0.05) is 18.8 Å². The van der Waals surface area contributed by atoms with Crippen molar-refractivity contribution in [3.63, 3.8) is 0 Å². The van der Waals surface area contributed by atoms with Crippen molar-refractivity contribution in [2.24, 2.45) is 23.2 Å². The van der Waals surface area contributed by atoms with Crippen molar-refractivity contribution < 1.29 is 19.7 Å². The Balaban J connectivity index is 2.42. The topological polar surface area (TPSA) is 66.8 Å². The van der Waals surface area contributed by atoms with Crippen LogP contribution >= 0.6 is 0 Å². The Kier molecular flexibility index (Phi) is 6.40. The van der Waals surface area contributed by atoms with Crippen molar-refractivity contribution in [3.05, 3.63) is 23.8 Å². The molecule has 0 aromatic heterocycles. The Bertz CT molecular complexity index is 577. The van der Waals surface area contributed by atoms with Crippen LogP contribution in [-0.4, -0.2) is 34.0 Å². The molecule has 1 saturated carbocycles. The van der Waals surface area contributed by atoms with E-state index in [1.807, 2.05) is 26.8 Å². The highest BCUT2D eigenvalue weighted by Crippen LogP contribution is 2.54. The molecule has 0 bridgehead atoms. The number of ether oxygens (including phenoxy) is 1. The van der Waals surface area contributed by atoms with E-state index < -0.39 is 17.8 Å². The zero-order valence-electron chi connectivity index (χ0n) is 17.2. The standard InChI is InChI=1S/C22H36O4/c1-14-7-9-22(6)10-8-18(21(4,5)26-16(3)23)20(22)19(25)13-15(2)12-17(24)11-14/h7,9,12,14,17-20,24-25H,8,10-11,13H2,1-6H3/b9-7+,15-12-/t14?,17-,18?,19?,20?,22+/m1/s1. The SMILES string of the molecule is CC(=O)OC(C)(C)C1CC[C@]2(C)/C=C/C(C)C[C@@H](O)/C=C(/C)CC(O)C12. The Morgan fingerprint density at radius 2 is 2.00 bits per heavy atom. The molecule has 0 aromatic carbocycles. The van der Waals surface area contributed by atoms with E-state index in [9.17, 15) is 15.0 Å². The number of esters is 1. The molecule has 26 heavy (non-hydrogen) atoms. The number of carbonyl (C=O) groups is 1. The summed E-state index contributed by atoms with van der Waals surface area (Å²) < 4.78 is 5.65. The van der Waals surface area contributed by atoms with Gasteiger partial charge in [-0.15, -0.1) is 0 Å². The Morgan fingerprint density at radius 1 is 1.35 bits per heavy atom. The second-order valence-electron chi connectivity index (χ2n) is 9.30. The summed E-state index contributed by atoms with van der Waals surface area (Å²) in [5, 5.41) is 21.4. The molecule has 0 aliphatic heterocycles. The molecule has 4 unspecified atom stereocenters. The maximum atomic E-state index is 11.6. The largest absolute Gasteiger partial charge is 0.460 e. The minimum absolute atomic E-state index is 0.00103. The normalized spacial score (nSPS) is 42.2. The fraction of sp³-hybridized carbons (Fsp3) is 0.773. The third-order valence-corrected chi connectivity index (χ3v) is 6.33. The lowest BCUT2D eigenvalue weighted by atomic mass is 9.68. The molecule has 2 N–H and O–H groups in total. The van der Waals surface area contributed by atoms with Crippen LogP contribution in [0.25, 0.3) is 0 Å². The molecule has 0 heterocycles. The molecule has 0 aromatic rings. The van der Waals surface area contributed by atoms with Crippen molar-refractivity contribution in [1.29, 1.82) is 0 Å². The first-order valence-corrected chi connectivity index (χ1v) is 9.87. The summed E-state index contributed by atoms with van der Waals surface area (Å²) in [6.45, 7) is 11.7. The monoisotopic (exact) mass is 364 g/mol. The summed E-state index contributed by atoms with van der Waals surface area (Å²) in [6.07, 6.45) is 8.36. The minimum Gasteiger partial charge on any atom is -0.460 e. The zero-order valence-corrected chi connectivity index (χ0v) is 17.2. The summed E-state index contributed by atoms with van der Waals surface area (Å²) in [5.74, 6) is 0.0733. The van der Waals surface area contributed by atoms with Crippen LogP contribution in [0.3, 0.4) is 0 Å². The summed E-state index contributed by atoms with van der Waals surface area (Å²) in [7, 11) is 0. The van der Waals surface area contributed by atoms with E-state index in [1.165, 1.54) is 6.92 Å². The van der Waals surface area contributed by atoms with Crippen molar-refractivity contribution in [3.8, 4) is 0 Å². The summed E-state index contributed by atoms with van der Waals surface area (Å²) >= 11 is 0. The maximum Gasteiger partial charge on any atom is 0.303 e. The average Bonchev–Trinajstić information content (AvgIpc) is 2.81. The molecule has 1 fully saturated rings. The predicted molar refractivity (Wildman–Crippen MR) is 103 cm³/mol. The van der Waals surface area contributed by atoms with Crippen LogP contribution in [0.1, 0.15) is 67.2 Å². The third kappa shape index (κ3) is 4.77. The molecule has 2 rings (SSSR count). The second kappa shape index (κ2) is 7.85. The molecule has 148 valence electrons. The average molecular weight is 365 g/mol. The highest BCUT2D eigenvalue weighted by Gasteiger charge is 2.53. The number of hydrogen-bond acceptors (Lipinski definition) is 4. The van der Waals surface area contributed by atoms with Crippen molar-refractivity contribution in [2.75, 3.05) is 0 Å². The number of rotatable bonds is 2. The van der Waals surface area contributed by atoms with E-state index in [4.69, 9.17) is 4.74 Å². The van der Waals surface area contributed by atoms with Gasteiger partial charge in [0.15, 0.2) is 0 Å². The van der Waals surface area contributed by atoms with Gasteiger partial charge in [-0.05, 0) is 57.8 Å². The molecule has 2 aliphatic carbocycles. The maximum absolute atomic E-state index is 11.6. The van der Waals surface area contributed by atoms with Gasteiger partial charge in [-0.1, -0.05) is 37.6 Å². The molecular formula is C22H36O4. The van der Waals surface area contributed by atoms with E-state index in [0.29, 0.717) is 12.8 Å². The van der Waals surface area contributed by atoms with Gasteiger partial charge in [-0.3, -0.25) is 4.79 Å².